The minimum Gasteiger partial charge on any atom is -0.493 e. The van der Waals surface area contributed by atoms with Crippen LogP contribution in [0.25, 0.3) is 10.9 Å². The van der Waals surface area contributed by atoms with Gasteiger partial charge in [0.15, 0.2) is 23.1 Å². The van der Waals surface area contributed by atoms with Crippen molar-refractivity contribution in [1.82, 2.24) is 9.97 Å². The highest BCUT2D eigenvalue weighted by atomic mass is 19.2. The summed E-state index contributed by atoms with van der Waals surface area (Å²) in [7, 11) is 1.54. The molecule has 1 aromatic heterocycles. The van der Waals surface area contributed by atoms with Gasteiger partial charge in [-0.2, -0.15) is 0 Å². The third-order valence-electron chi connectivity index (χ3n) is 3.86. The standard InChI is InChI=1S/C20H19F2N3O2/c1-12(2)7-8-27-18-9-13-16(10-17(18)26-3)23-11-24-20(13)25-15-6-4-5-14(21)19(15)22/h4-7,9-11H,8H2,1-3H3,(H,23,24,25). The van der Waals surface area contributed by atoms with Gasteiger partial charge in [0.25, 0.3) is 0 Å². The van der Waals surface area contributed by atoms with E-state index in [9.17, 15) is 8.78 Å². The number of halogens is 2. The van der Waals surface area contributed by atoms with Crippen molar-refractivity contribution < 1.29 is 18.3 Å². The van der Waals surface area contributed by atoms with Crippen LogP contribution in [-0.2, 0) is 0 Å². The fourth-order valence-corrected chi connectivity index (χ4v) is 2.46. The molecule has 0 saturated carbocycles. The van der Waals surface area contributed by atoms with Crippen molar-refractivity contribution in [2.75, 3.05) is 19.0 Å². The monoisotopic (exact) mass is 371 g/mol. The number of ether oxygens (including phenoxy) is 2. The van der Waals surface area contributed by atoms with E-state index in [4.69, 9.17) is 9.47 Å². The molecule has 0 unspecified atom stereocenters. The summed E-state index contributed by atoms with van der Waals surface area (Å²) in [5.41, 5.74) is 1.69. The first-order valence-electron chi connectivity index (χ1n) is 8.29. The van der Waals surface area contributed by atoms with Crippen molar-refractivity contribution in [3.05, 3.63) is 59.9 Å². The van der Waals surface area contributed by atoms with Gasteiger partial charge in [-0.15, -0.1) is 0 Å². The Morgan fingerprint density at radius 3 is 2.70 bits per heavy atom. The van der Waals surface area contributed by atoms with E-state index in [-0.39, 0.29) is 5.69 Å². The van der Waals surface area contributed by atoms with Crippen LogP contribution in [0.1, 0.15) is 13.8 Å². The van der Waals surface area contributed by atoms with E-state index in [0.29, 0.717) is 34.8 Å². The Morgan fingerprint density at radius 1 is 1.15 bits per heavy atom. The minimum atomic E-state index is -0.974. The third-order valence-corrected chi connectivity index (χ3v) is 3.86. The zero-order valence-electron chi connectivity index (χ0n) is 15.2. The van der Waals surface area contributed by atoms with Gasteiger partial charge in [0, 0.05) is 11.5 Å². The molecule has 0 aliphatic rings. The van der Waals surface area contributed by atoms with Crippen LogP contribution in [0.5, 0.6) is 11.5 Å². The van der Waals surface area contributed by atoms with E-state index in [0.717, 1.165) is 11.6 Å². The number of fused-ring (bicyclic) bond motifs is 1. The maximum Gasteiger partial charge on any atom is 0.182 e. The number of nitrogens with one attached hydrogen (secondary N) is 1. The van der Waals surface area contributed by atoms with Gasteiger partial charge in [-0.05, 0) is 38.1 Å². The zero-order valence-corrected chi connectivity index (χ0v) is 15.2. The fraction of sp³-hybridized carbons (Fsp3) is 0.200. The van der Waals surface area contributed by atoms with Crippen molar-refractivity contribution in [3.8, 4) is 11.5 Å². The highest BCUT2D eigenvalue weighted by Gasteiger charge is 2.14. The van der Waals surface area contributed by atoms with Crippen LogP contribution in [0.2, 0.25) is 0 Å². The van der Waals surface area contributed by atoms with Crippen molar-refractivity contribution in [2.24, 2.45) is 0 Å². The topological polar surface area (TPSA) is 56.3 Å². The van der Waals surface area contributed by atoms with Crippen LogP contribution < -0.4 is 14.8 Å². The molecule has 140 valence electrons. The number of hydrogen-bond acceptors (Lipinski definition) is 5. The van der Waals surface area contributed by atoms with Crippen molar-refractivity contribution in [2.45, 2.75) is 13.8 Å². The van der Waals surface area contributed by atoms with Crippen molar-refractivity contribution in [3.63, 3.8) is 0 Å². The molecule has 0 aliphatic heterocycles. The molecule has 5 nitrogen and oxygen atoms in total. The number of aromatic nitrogens is 2. The Balaban J connectivity index is 2.03. The summed E-state index contributed by atoms with van der Waals surface area (Å²) < 4.78 is 38.6. The summed E-state index contributed by atoms with van der Waals surface area (Å²) in [5, 5.41) is 3.41. The minimum absolute atomic E-state index is 0.0159. The van der Waals surface area contributed by atoms with Gasteiger partial charge in [-0.1, -0.05) is 11.6 Å². The van der Waals surface area contributed by atoms with Crippen LogP contribution in [0.15, 0.2) is 48.3 Å². The molecular formula is C20H19F2N3O2. The Kier molecular flexibility index (Phi) is 5.49. The molecule has 0 fully saturated rings. The van der Waals surface area contributed by atoms with Crippen LogP contribution in [-0.4, -0.2) is 23.7 Å². The summed E-state index contributed by atoms with van der Waals surface area (Å²) in [6.45, 7) is 4.33. The molecule has 2 aromatic carbocycles. The summed E-state index contributed by atoms with van der Waals surface area (Å²) in [5.74, 6) is -0.561. The highest BCUT2D eigenvalue weighted by Crippen LogP contribution is 2.35. The number of allylic oxidation sites excluding steroid dienone is 1. The van der Waals surface area contributed by atoms with E-state index in [1.165, 1.54) is 25.6 Å². The molecule has 0 spiro atoms. The lowest BCUT2D eigenvalue weighted by molar-refractivity contribution is 0.326. The van der Waals surface area contributed by atoms with Crippen LogP contribution >= 0.6 is 0 Å². The smallest absolute Gasteiger partial charge is 0.182 e. The largest absolute Gasteiger partial charge is 0.493 e. The van der Waals surface area contributed by atoms with Gasteiger partial charge in [-0.25, -0.2) is 18.7 Å². The third kappa shape index (κ3) is 4.13. The second-order valence-electron chi connectivity index (χ2n) is 6.06. The molecule has 3 aromatic rings. The molecule has 1 heterocycles. The van der Waals surface area contributed by atoms with E-state index in [1.807, 2.05) is 19.9 Å². The number of nitrogens with zero attached hydrogens (tertiary/aromatic N) is 2. The Bertz CT molecular complexity index is 1000. The summed E-state index contributed by atoms with van der Waals surface area (Å²) in [6.07, 6.45) is 3.28. The average Bonchev–Trinajstić information content (AvgIpc) is 2.65. The predicted octanol–water partition coefficient (Wildman–Crippen LogP) is 5.01. The zero-order chi connectivity index (χ0) is 19.4. The van der Waals surface area contributed by atoms with Gasteiger partial charge in [0.2, 0.25) is 0 Å². The molecule has 3 rings (SSSR count). The molecule has 0 bridgehead atoms. The summed E-state index contributed by atoms with van der Waals surface area (Å²) in [4.78, 5) is 8.37. The number of benzene rings is 2. The Morgan fingerprint density at radius 2 is 1.96 bits per heavy atom. The fourth-order valence-electron chi connectivity index (χ4n) is 2.46. The van der Waals surface area contributed by atoms with Crippen LogP contribution in [0, 0.1) is 11.6 Å². The van der Waals surface area contributed by atoms with E-state index in [1.54, 1.807) is 12.1 Å². The Labute approximate surface area is 155 Å². The highest BCUT2D eigenvalue weighted by molar-refractivity contribution is 5.93. The second kappa shape index (κ2) is 7.99. The van der Waals surface area contributed by atoms with Crippen molar-refractivity contribution >= 4 is 22.4 Å². The van der Waals surface area contributed by atoms with E-state index >= 15 is 0 Å². The lowest BCUT2D eigenvalue weighted by Gasteiger charge is -2.13. The maximum absolute atomic E-state index is 14.0. The number of anilines is 2. The SMILES string of the molecule is COc1cc2ncnc(Nc3cccc(F)c3F)c2cc1OCC=C(C)C. The molecular weight excluding hydrogens is 352 g/mol. The first-order valence-corrected chi connectivity index (χ1v) is 8.29. The normalized spacial score (nSPS) is 10.6. The van der Waals surface area contributed by atoms with E-state index < -0.39 is 11.6 Å². The molecule has 0 saturated heterocycles. The maximum atomic E-state index is 14.0. The summed E-state index contributed by atoms with van der Waals surface area (Å²) in [6, 6.07) is 7.33. The number of rotatable bonds is 6. The lowest BCUT2D eigenvalue weighted by Crippen LogP contribution is -2.01. The molecule has 0 atom stereocenters. The van der Waals surface area contributed by atoms with Gasteiger partial charge >= 0.3 is 0 Å². The molecule has 1 N–H and O–H groups in total. The van der Waals surface area contributed by atoms with Gasteiger partial charge < -0.3 is 14.8 Å². The number of hydrogen-bond donors (Lipinski definition) is 1. The first kappa shape index (κ1) is 18.6. The molecule has 0 radical (unpaired) electrons. The second-order valence-corrected chi connectivity index (χ2v) is 6.06. The lowest BCUT2D eigenvalue weighted by atomic mass is 10.2. The predicted molar refractivity (Wildman–Crippen MR) is 101 cm³/mol. The summed E-state index contributed by atoms with van der Waals surface area (Å²) >= 11 is 0. The van der Waals surface area contributed by atoms with Gasteiger partial charge in [0.05, 0.1) is 18.3 Å². The van der Waals surface area contributed by atoms with E-state index in [2.05, 4.69) is 15.3 Å². The molecule has 0 aliphatic carbocycles. The molecule has 7 heteroatoms. The Hall–Kier alpha value is -3.22. The molecule has 27 heavy (non-hydrogen) atoms. The van der Waals surface area contributed by atoms with Crippen LogP contribution in [0.3, 0.4) is 0 Å². The van der Waals surface area contributed by atoms with Gasteiger partial charge in [-0.3, -0.25) is 0 Å². The first-order chi connectivity index (χ1) is 13.0. The van der Waals surface area contributed by atoms with Crippen LogP contribution in [0.4, 0.5) is 20.3 Å². The van der Waals surface area contributed by atoms with Gasteiger partial charge in [0.1, 0.15) is 18.8 Å². The average molecular weight is 371 g/mol. The molecule has 0 amide bonds. The quantitative estimate of drug-likeness (QED) is 0.618. The number of methoxy groups -OCH3 is 1. The van der Waals surface area contributed by atoms with Crippen molar-refractivity contribution in [1.29, 1.82) is 0 Å².